The molecule has 1 aliphatic rings. The smallest absolute Gasteiger partial charge is 0.415 e. The first kappa shape index (κ1) is 18.5. The summed E-state index contributed by atoms with van der Waals surface area (Å²) in [6.07, 6.45) is 5.36. The Morgan fingerprint density at radius 2 is 1.92 bits per heavy atom. The highest BCUT2D eigenvalue weighted by Gasteiger charge is 2.37. The lowest BCUT2D eigenvalue weighted by Gasteiger charge is -2.41. The first-order valence-corrected chi connectivity index (χ1v) is 8.95. The van der Waals surface area contributed by atoms with Gasteiger partial charge in [-0.1, -0.05) is 13.8 Å². The Balaban J connectivity index is 2.06. The summed E-state index contributed by atoms with van der Waals surface area (Å²) in [5.74, 6) is 0. The molecule has 2 aromatic rings. The van der Waals surface area contributed by atoms with Crippen molar-refractivity contribution >= 4 is 22.9 Å². The highest BCUT2D eigenvalue weighted by Crippen LogP contribution is 2.33. The second-order valence-corrected chi connectivity index (χ2v) is 8.56. The molecule has 2 aromatic heterocycles. The van der Waals surface area contributed by atoms with Gasteiger partial charge >= 0.3 is 6.09 Å². The molecule has 140 valence electrons. The van der Waals surface area contributed by atoms with Gasteiger partial charge in [-0.2, -0.15) is 0 Å². The minimum Gasteiger partial charge on any atom is -0.443 e. The number of fused-ring (bicyclic) bond motifs is 1. The molecule has 0 unspecified atom stereocenters. The van der Waals surface area contributed by atoms with Gasteiger partial charge in [0.2, 0.25) is 0 Å². The zero-order valence-corrected chi connectivity index (χ0v) is 16.1. The van der Waals surface area contributed by atoms with Crippen LogP contribution in [0.25, 0.3) is 11.2 Å². The molecule has 1 fully saturated rings. The lowest BCUT2D eigenvalue weighted by atomic mass is 9.82. The van der Waals surface area contributed by atoms with Crippen molar-refractivity contribution in [1.29, 1.82) is 0 Å². The van der Waals surface area contributed by atoms with Crippen molar-refractivity contribution in [2.45, 2.75) is 52.7 Å². The van der Waals surface area contributed by atoms with Crippen molar-refractivity contribution in [3.8, 4) is 0 Å². The second-order valence-electron chi connectivity index (χ2n) is 8.56. The van der Waals surface area contributed by atoms with Crippen LogP contribution in [-0.4, -0.2) is 45.8 Å². The molecule has 1 atom stereocenters. The van der Waals surface area contributed by atoms with Crippen molar-refractivity contribution in [3.05, 3.63) is 24.7 Å². The minimum atomic E-state index is -0.582. The molecular formula is C19H27N5O2. The van der Waals surface area contributed by atoms with Gasteiger partial charge in [0, 0.05) is 31.7 Å². The molecule has 0 aromatic carbocycles. The maximum atomic E-state index is 13.1. The summed E-state index contributed by atoms with van der Waals surface area (Å²) >= 11 is 0. The van der Waals surface area contributed by atoms with E-state index in [9.17, 15) is 4.79 Å². The Morgan fingerprint density at radius 3 is 2.62 bits per heavy atom. The van der Waals surface area contributed by atoms with Crippen LogP contribution in [0.4, 0.5) is 10.5 Å². The number of piperidine rings is 1. The van der Waals surface area contributed by atoms with Crippen LogP contribution in [0.15, 0.2) is 24.7 Å². The maximum absolute atomic E-state index is 13.1. The molecule has 0 radical (unpaired) electrons. The van der Waals surface area contributed by atoms with E-state index in [1.54, 1.807) is 23.5 Å². The first-order valence-electron chi connectivity index (χ1n) is 8.95. The van der Waals surface area contributed by atoms with Crippen molar-refractivity contribution in [2.24, 2.45) is 5.41 Å². The van der Waals surface area contributed by atoms with Gasteiger partial charge in [-0.15, -0.1) is 0 Å². The van der Waals surface area contributed by atoms with Gasteiger partial charge in [-0.25, -0.2) is 19.7 Å². The molecule has 26 heavy (non-hydrogen) atoms. The number of carbonyl (C=O) groups is 1. The van der Waals surface area contributed by atoms with Crippen LogP contribution in [0.5, 0.6) is 0 Å². The van der Waals surface area contributed by atoms with Crippen molar-refractivity contribution in [3.63, 3.8) is 0 Å². The fourth-order valence-corrected chi connectivity index (χ4v) is 3.35. The standard InChI is InChI=1S/C19H27N5O2/c1-18(2,3)26-17(25)24(13-10-19(4,5)12-20-11-13)14-6-7-22-16-15(14)21-8-9-23-16/h6-9,13,20H,10-12H2,1-5H3/t13-/m1/s1. The topological polar surface area (TPSA) is 80.2 Å². The van der Waals surface area contributed by atoms with Crippen molar-refractivity contribution in [2.75, 3.05) is 18.0 Å². The first-order chi connectivity index (χ1) is 12.2. The zero-order valence-electron chi connectivity index (χ0n) is 16.1. The number of amides is 1. The maximum Gasteiger partial charge on any atom is 0.415 e. The van der Waals surface area contributed by atoms with E-state index >= 15 is 0 Å². The summed E-state index contributed by atoms with van der Waals surface area (Å²) in [6, 6.07) is 1.77. The Bertz CT molecular complexity index is 795. The average molecular weight is 357 g/mol. The predicted octanol–water partition coefficient (Wildman–Crippen LogP) is 3.15. The molecule has 0 spiro atoms. The molecule has 3 heterocycles. The monoisotopic (exact) mass is 357 g/mol. The number of rotatable bonds is 2. The van der Waals surface area contributed by atoms with E-state index < -0.39 is 5.60 Å². The number of anilines is 1. The van der Waals surface area contributed by atoms with Crippen LogP contribution >= 0.6 is 0 Å². The van der Waals surface area contributed by atoms with E-state index in [0.29, 0.717) is 23.4 Å². The van der Waals surface area contributed by atoms with E-state index in [-0.39, 0.29) is 17.6 Å². The molecule has 7 heteroatoms. The van der Waals surface area contributed by atoms with Crippen LogP contribution in [0, 0.1) is 5.41 Å². The number of hydrogen-bond acceptors (Lipinski definition) is 6. The number of hydrogen-bond donors (Lipinski definition) is 1. The third-order valence-corrected chi connectivity index (χ3v) is 4.34. The van der Waals surface area contributed by atoms with E-state index in [2.05, 4.69) is 34.1 Å². The van der Waals surface area contributed by atoms with Crippen LogP contribution in [0.3, 0.4) is 0 Å². The van der Waals surface area contributed by atoms with Crippen molar-refractivity contribution < 1.29 is 9.53 Å². The van der Waals surface area contributed by atoms with Crippen LogP contribution in [-0.2, 0) is 4.74 Å². The number of carbonyl (C=O) groups excluding carboxylic acids is 1. The summed E-state index contributed by atoms with van der Waals surface area (Å²) in [6.45, 7) is 11.6. The molecule has 1 aliphatic heterocycles. The van der Waals surface area contributed by atoms with E-state index in [1.165, 1.54) is 0 Å². The molecule has 1 N–H and O–H groups in total. The van der Waals surface area contributed by atoms with Gasteiger partial charge in [0.15, 0.2) is 5.65 Å². The van der Waals surface area contributed by atoms with Gasteiger partial charge < -0.3 is 10.1 Å². The van der Waals surface area contributed by atoms with Gasteiger partial charge in [0.25, 0.3) is 0 Å². The number of ether oxygens (including phenoxy) is 1. The van der Waals surface area contributed by atoms with E-state index in [4.69, 9.17) is 4.74 Å². The Kier molecular flexibility index (Phi) is 4.84. The van der Waals surface area contributed by atoms with E-state index in [1.807, 2.05) is 26.8 Å². The predicted molar refractivity (Wildman–Crippen MR) is 101 cm³/mol. The highest BCUT2D eigenvalue weighted by atomic mass is 16.6. The zero-order chi connectivity index (χ0) is 18.9. The second kappa shape index (κ2) is 6.79. The molecule has 0 bridgehead atoms. The summed E-state index contributed by atoms with van der Waals surface area (Å²) in [5.41, 5.74) is 1.30. The van der Waals surface area contributed by atoms with Gasteiger partial charge in [-0.05, 0) is 38.7 Å². The van der Waals surface area contributed by atoms with Gasteiger partial charge in [-0.3, -0.25) is 4.90 Å². The number of nitrogens with zero attached hydrogens (tertiary/aromatic N) is 4. The molecule has 0 aliphatic carbocycles. The van der Waals surface area contributed by atoms with Gasteiger partial charge in [0.1, 0.15) is 11.1 Å². The van der Waals surface area contributed by atoms with E-state index in [0.717, 1.165) is 13.0 Å². The van der Waals surface area contributed by atoms with Gasteiger partial charge in [0.05, 0.1) is 11.7 Å². The molecule has 7 nitrogen and oxygen atoms in total. The molecule has 3 rings (SSSR count). The molecule has 1 amide bonds. The highest BCUT2D eigenvalue weighted by molar-refractivity contribution is 5.97. The molecule has 0 saturated carbocycles. The summed E-state index contributed by atoms with van der Waals surface area (Å²) < 4.78 is 5.72. The molecular weight excluding hydrogens is 330 g/mol. The molecule has 1 saturated heterocycles. The average Bonchev–Trinajstić information content (AvgIpc) is 2.53. The lowest BCUT2D eigenvalue weighted by Crippen LogP contribution is -2.55. The van der Waals surface area contributed by atoms with Crippen LogP contribution in [0.1, 0.15) is 41.0 Å². The Labute approximate surface area is 154 Å². The van der Waals surface area contributed by atoms with Crippen LogP contribution in [0.2, 0.25) is 0 Å². The largest absolute Gasteiger partial charge is 0.443 e. The third kappa shape index (κ3) is 4.09. The van der Waals surface area contributed by atoms with Crippen molar-refractivity contribution in [1.82, 2.24) is 20.3 Å². The number of aromatic nitrogens is 3. The Morgan fingerprint density at radius 1 is 1.23 bits per heavy atom. The summed E-state index contributed by atoms with van der Waals surface area (Å²) in [4.78, 5) is 27.8. The normalized spacial score (nSPS) is 20.0. The lowest BCUT2D eigenvalue weighted by molar-refractivity contribution is 0.0548. The quantitative estimate of drug-likeness (QED) is 0.889. The summed E-state index contributed by atoms with van der Waals surface area (Å²) in [7, 11) is 0. The minimum absolute atomic E-state index is 0.0405. The number of nitrogens with one attached hydrogen (secondary N) is 1. The van der Waals surface area contributed by atoms with Crippen LogP contribution < -0.4 is 10.2 Å². The third-order valence-electron chi connectivity index (χ3n) is 4.34. The fourth-order valence-electron chi connectivity index (χ4n) is 3.35. The SMILES string of the molecule is CC1(C)CNC[C@H](N(C(=O)OC(C)(C)C)c2ccnc3nccnc23)C1. The fraction of sp³-hybridized carbons (Fsp3) is 0.579. The Hall–Kier alpha value is -2.28. The summed E-state index contributed by atoms with van der Waals surface area (Å²) in [5, 5.41) is 3.44. The number of pyridine rings is 1.